The number of nitrogens with one attached hydrogen (secondary N) is 2. The maximum atomic E-state index is 12.7. The highest BCUT2D eigenvalue weighted by Crippen LogP contribution is 2.54. The molecule has 1 saturated heterocycles. The van der Waals surface area contributed by atoms with Crippen molar-refractivity contribution in [3.63, 3.8) is 0 Å². The summed E-state index contributed by atoms with van der Waals surface area (Å²) >= 11 is 0. The normalized spacial score (nSPS) is 22.3. The number of fused-ring (bicyclic) bond motifs is 1. The number of amides is 2. The molecule has 1 aromatic carbocycles. The minimum Gasteiger partial charge on any atom is -0.482 e. The van der Waals surface area contributed by atoms with Crippen molar-refractivity contribution in [2.75, 3.05) is 25.0 Å². The Kier molecular flexibility index (Phi) is 4.47. The van der Waals surface area contributed by atoms with Gasteiger partial charge in [0.1, 0.15) is 5.75 Å². The van der Waals surface area contributed by atoms with E-state index >= 15 is 0 Å². The van der Waals surface area contributed by atoms with E-state index in [9.17, 15) is 9.59 Å². The topological polar surface area (TPSA) is 83.6 Å². The molecule has 2 amide bonds. The fourth-order valence-electron chi connectivity index (χ4n) is 4.46. The SMILES string of the molecule is O=C1COc2cc(C(=O)NC3CC34CCN(Cc3ccncc3)CC4)ccc2N1. The molecule has 1 saturated carbocycles. The Hall–Kier alpha value is -2.93. The van der Waals surface area contributed by atoms with Crippen LogP contribution in [-0.4, -0.2) is 47.4 Å². The summed E-state index contributed by atoms with van der Waals surface area (Å²) in [6.07, 6.45) is 6.96. The quantitative estimate of drug-likeness (QED) is 0.833. The van der Waals surface area contributed by atoms with E-state index in [-0.39, 0.29) is 29.9 Å². The molecule has 5 rings (SSSR count). The van der Waals surface area contributed by atoms with Gasteiger partial charge in [0.2, 0.25) is 0 Å². The van der Waals surface area contributed by atoms with Crippen LogP contribution >= 0.6 is 0 Å². The van der Waals surface area contributed by atoms with Crippen LogP contribution in [0, 0.1) is 5.41 Å². The number of ether oxygens (including phenoxy) is 1. The van der Waals surface area contributed by atoms with Gasteiger partial charge in [-0.05, 0) is 73.7 Å². The lowest BCUT2D eigenvalue weighted by Gasteiger charge is -2.33. The number of piperidine rings is 1. The number of hydrogen-bond donors (Lipinski definition) is 2. The number of aromatic nitrogens is 1. The second-order valence-electron chi connectivity index (χ2n) is 8.27. The third-order valence-corrected chi connectivity index (χ3v) is 6.38. The Morgan fingerprint density at radius 2 is 2.03 bits per heavy atom. The van der Waals surface area contributed by atoms with Crippen LogP contribution in [0.25, 0.3) is 0 Å². The molecule has 2 aromatic rings. The Bertz CT molecular complexity index is 938. The lowest BCUT2D eigenvalue weighted by atomic mass is 9.92. The highest BCUT2D eigenvalue weighted by Gasteiger charge is 2.55. The van der Waals surface area contributed by atoms with E-state index in [1.807, 2.05) is 12.4 Å². The number of likely N-dealkylation sites (tertiary alicyclic amines) is 1. The average molecular weight is 392 g/mol. The summed E-state index contributed by atoms with van der Waals surface area (Å²) in [7, 11) is 0. The molecule has 150 valence electrons. The van der Waals surface area contributed by atoms with Crippen molar-refractivity contribution in [2.45, 2.75) is 31.8 Å². The number of anilines is 1. The molecule has 1 spiro atoms. The van der Waals surface area contributed by atoms with Crippen LogP contribution in [0.2, 0.25) is 0 Å². The summed E-state index contributed by atoms with van der Waals surface area (Å²) in [5.74, 6) is 0.298. The molecular formula is C22H24N4O3. The van der Waals surface area contributed by atoms with E-state index in [0.29, 0.717) is 17.0 Å². The zero-order valence-electron chi connectivity index (χ0n) is 16.2. The average Bonchev–Trinajstić information content (AvgIpc) is 3.41. The summed E-state index contributed by atoms with van der Waals surface area (Å²) < 4.78 is 5.42. The number of carbonyl (C=O) groups excluding carboxylic acids is 2. The number of rotatable bonds is 4. The zero-order valence-corrected chi connectivity index (χ0v) is 16.2. The maximum absolute atomic E-state index is 12.7. The van der Waals surface area contributed by atoms with Gasteiger partial charge < -0.3 is 15.4 Å². The van der Waals surface area contributed by atoms with Gasteiger partial charge in [-0.25, -0.2) is 0 Å². The van der Waals surface area contributed by atoms with E-state index in [4.69, 9.17) is 4.74 Å². The van der Waals surface area contributed by atoms with Crippen LogP contribution in [-0.2, 0) is 11.3 Å². The number of nitrogens with zero attached hydrogens (tertiary/aromatic N) is 2. The van der Waals surface area contributed by atoms with Crippen LogP contribution in [0.3, 0.4) is 0 Å². The molecule has 1 unspecified atom stereocenters. The van der Waals surface area contributed by atoms with Crippen molar-refractivity contribution in [1.82, 2.24) is 15.2 Å². The molecule has 7 heteroatoms. The van der Waals surface area contributed by atoms with Crippen LogP contribution in [0.5, 0.6) is 5.75 Å². The molecule has 0 bridgehead atoms. The Morgan fingerprint density at radius 1 is 1.24 bits per heavy atom. The standard InChI is InChI=1S/C22H24N4O3/c27-20-14-29-18-11-16(1-2-17(18)24-20)21(28)25-19-12-22(19)5-9-26(10-6-22)13-15-3-7-23-8-4-15/h1-4,7-8,11,19H,5-6,9-10,12-14H2,(H,24,27)(H,25,28). The van der Waals surface area contributed by atoms with Gasteiger partial charge in [0, 0.05) is 30.5 Å². The Morgan fingerprint density at radius 3 is 2.83 bits per heavy atom. The van der Waals surface area contributed by atoms with Gasteiger partial charge in [0.15, 0.2) is 6.61 Å². The van der Waals surface area contributed by atoms with Crippen molar-refractivity contribution in [3.05, 3.63) is 53.9 Å². The van der Waals surface area contributed by atoms with E-state index < -0.39 is 0 Å². The first-order valence-electron chi connectivity index (χ1n) is 10.1. The van der Waals surface area contributed by atoms with Gasteiger partial charge in [-0.1, -0.05) is 0 Å². The summed E-state index contributed by atoms with van der Waals surface area (Å²) in [4.78, 5) is 30.6. The van der Waals surface area contributed by atoms with Crippen LogP contribution in [0.4, 0.5) is 5.69 Å². The van der Waals surface area contributed by atoms with Crippen molar-refractivity contribution in [2.24, 2.45) is 5.41 Å². The predicted molar refractivity (Wildman–Crippen MR) is 108 cm³/mol. The van der Waals surface area contributed by atoms with Gasteiger partial charge in [0.25, 0.3) is 11.8 Å². The van der Waals surface area contributed by atoms with E-state index in [2.05, 4.69) is 32.7 Å². The molecule has 3 aliphatic rings. The Balaban J connectivity index is 1.15. The molecular weight excluding hydrogens is 368 g/mol. The first-order chi connectivity index (χ1) is 14.1. The number of benzene rings is 1. The largest absolute Gasteiger partial charge is 0.482 e. The predicted octanol–water partition coefficient (Wildman–Crippen LogP) is 2.20. The van der Waals surface area contributed by atoms with E-state index in [1.165, 1.54) is 5.56 Å². The minimum atomic E-state index is -0.176. The maximum Gasteiger partial charge on any atom is 0.262 e. The number of pyridine rings is 1. The fourth-order valence-corrected chi connectivity index (χ4v) is 4.46. The van der Waals surface area contributed by atoms with Gasteiger partial charge in [-0.2, -0.15) is 0 Å². The van der Waals surface area contributed by atoms with Gasteiger partial charge in [-0.3, -0.25) is 19.5 Å². The highest BCUT2D eigenvalue weighted by atomic mass is 16.5. The monoisotopic (exact) mass is 392 g/mol. The lowest BCUT2D eigenvalue weighted by molar-refractivity contribution is -0.118. The minimum absolute atomic E-state index is 0.0141. The molecule has 2 N–H and O–H groups in total. The fraction of sp³-hybridized carbons (Fsp3) is 0.409. The Labute approximate surface area is 169 Å². The van der Waals surface area contributed by atoms with Crippen molar-refractivity contribution in [3.8, 4) is 5.75 Å². The van der Waals surface area contributed by atoms with Gasteiger partial charge in [-0.15, -0.1) is 0 Å². The molecule has 1 aliphatic carbocycles. The highest BCUT2D eigenvalue weighted by molar-refractivity contribution is 5.99. The summed E-state index contributed by atoms with van der Waals surface area (Å²) in [5.41, 5.74) is 2.73. The third kappa shape index (κ3) is 3.70. The zero-order chi connectivity index (χ0) is 19.8. The van der Waals surface area contributed by atoms with E-state index in [1.54, 1.807) is 18.2 Å². The lowest BCUT2D eigenvalue weighted by Crippen LogP contribution is -2.38. The van der Waals surface area contributed by atoms with Gasteiger partial charge >= 0.3 is 0 Å². The molecule has 7 nitrogen and oxygen atoms in total. The van der Waals surface area contributed by atoms with Gasteiger partial charge in [0.05, 0.1) is 5.69 Å². The van der Waals surface area contributed by atoms with Crippen LogP contribution in [0.1, 0.15) is 35.2 Å². The van der Waals surface area contributed by atoms with Crippen molar-refractivity contribution in [1.29, 1.82) is 0 Å². The summed E-state index contributed by atoms with van der Waals surface area (Å²) in [6.45, 7) is 3.06. The summed E-state index contributed by atoms with van der Waals surface area (Å²) in [5, 5.41) is 5.95. The molecule has 0 radical (unpaired) electrons. The molecule has 3 heterocycles. The van der Waals surface area contributed by atoms with Crippen LogP contribution < -0.4 is 15.4 Å². The second kappa shape index (κ2) is 7.15. The molecule has 2 aliphatic heterocycles. The molecule has 2 fully saturated rings. The van der Waals surface area contributed by atoms with E-state index in [0.717, 1.165) is 38.9 Å². The third-order valence-electron chi connectivity index (χ3n) is 6.38. The number of carbonyl (C=O) groups is 2. The second-order valence-corrected chi connectivity index (χ2v) is 8.27. The molecule has 29 heavy (non-hydrogen) atoms. The number of hydrogen-bond acceptors (Lipinski definition) is 5. The van der Waals surface area contributed by atoms with Crippen molar-refractivity contribution < 1.29 is 14.3 Å². The molecule has 1 aromatic heterocycles. The molecule has 1 atom stereocenters. The first kappa shape index (κ1) is 18.1. The first-order valence-corrected chi connectivity index (χ1v) is 10.1. The smallest absolute Gasteiger partial charge is 0.262 e. The van der Waals surface area contributed by atoms with Crippen molar-refractivity contribution >= 4 is 17.5 Å². The van der Waals surface area contributed by atoms with Crippen LogP contribution in [0.15, 0.2) is 42.7 Å². The summed E-state index contributed by atoms with van der Waals surface area (Å²) in [6, 6.07) is 9.54.